The van der Waals surface area contributed by atoms with Crippen LogP contribution < -0.4 is 10.9 Å². The summed E-state index contributed by atoms with van der Waals surface area (Å²) in [5.74, 6) is -2.70. The number of fused-ring (bicyclic) bond motifs is 1. The SMILES string of the molecule is CC(C)C(C(=O)NNC(=O)c1ccc(-n2cnnn2)cc1)N1C(=O)c2ccccc2C1=O. The number of tetrazole rings is 1. The topological polar surface area (TPSA) is 139 Å². The van der Waals surface area contributed by atoms with Gasteiger partial charge in [0.05, 0.1) is 16.8 Å². The highest BCUT2D eigenvalue weighted by molar-refractivity contribution is 6.22. The van der Waals surface area contributed by atoms with Gasteiger partial charge in [-0.3, -0.25) is 34.9 Å². The molecule has 11 nitrogen and oxygen atoms in total. The van der Waals surface area contributed by atoms with Crippen LogP contribution in [0, 0.1) is 5.92 Å². The zero-order valence-corrected chi connectivity index (χ0v) is 17.2. The second kappa shape index (κ2) is 8.38. The molecule has 2 heterocycles. The van der Waals surface area contributed by atoms with Crippen molar-refractivity contribution < 1.29 is 19.2 Å². The number of benzene rings is 2. The van der Waals surface area contributed by atoms with Crippen LogP contribution in [-0.4, -0.2) is 54.8 Å². The summed E-state index contributed by atoms with van der Waals surface area (Å²) >= 11 is 0. The van der Waals surface area contributed by atoms with Crippen LogP contribution in [0.3, 0.4) is 0 Å². The summed E-state index contributed by atoms with van der Waals surface area (Å²) in [6.45, 7) is 3.43. The number of nitrogens with zero attached hydrogens (tertiary/aromatic N) is 5. The Balaban J connectivity index is 1.44. The highest BCUT2D eigenvalue weighted by Crippen LogP contribution is 2.27. The first-order chi connectivity index (χ1) is 15.4. The van der Waals surface area contributed by atoms with Crippen molar-refractivity contribution in [1.82, 2.24) is 36.0 Å². The molecule has 0 spiro atoms. The third-order valence-corrected chi connectivity index (χ3v) is 5.05. The molecule has 162 valence electrons. The van der Waals surface area contributed by atoms with Crippen LogP contribution in [0.1, 0.15) is 44.9 Å². The number of hydrogen-bond acceptors (Lipinski definition) is 7. The molecule has 0 bridgehead atoms. The highest BCUT2D eigenvalue weighted by atomic mass is 16.2. The van der Waals surface area contributed by atoms with Gasteiger partial charge in [0.1, 0.15) is 12.4 Å². The number of hydrazine groups is 1. The molecule has 1 unspecified atom stereocenters. The van der Waals surface area contributed by atoms with Gasteiger partial charge < -0.3 is 0 Å². The number of amides is 4. The van der Waals surface area contributed by atoms with Crippen molar-refractivity contribution in [2.75, 3.05) is 0 Å². The zero-order chi connectivity index (χ0) is 22.8. The molecular formula is C21H19N7O4. The Kier molecular flexibility index (Phi) is 5.46. The van der Waals surface area contributed by atoms with Gasteiger partial charge >= 0.3 is 0 Å². The Labute approximate surface area is 182 Å². The molecule has 2 N–H and O–H groups in total. The number of rotatable bonds is 5. The Morgan fingerprint density at radius 1 is 0.906 bits per heavy atom. The van der Waals surface area contributed by atoms with Gasteiger partial charge in [-0.05, 0) is 52.7 Å². The number of nitrogens with one attached hydrogen (secondary N) is 2. The Hall–Kier alpha value is -4.41. The third-order valence-electron chi connectivity index (χ3n) is 5.05. The van der Waals surface area contributed by atoms with E-state index in [2.05, 4.69) is 26.4 Å². The van der Waals surface area contributed by atoms with Crippen LogP contribution in [-0.2, 0) is 4.79 Å². The summed E-state index contributed by atoms with van der Waals surface area (Å²) in [5, 5.41) is 10.9. The minimum absolute atomic E-state index is 0.252. The van der Waals surface area contributed by atoms with Gasteiger partial charge in [-0.2, -0.15) is 0 Å². The molecule has 1 atom stereocenters. The molecule has 0 radical (unpaired) electrons. The minimum Gasteiger partial charge on any atom is -0.271 e. The maximum Gasteiger partial charge on any atom is 0.269 e. The molecule has 0 saturated heterocycles. The largest absolute Gasteiger partial charge is 0.271 e. The van der Waals surface area contributed by atoms with Crippen molar-refractivity contribution in [2.24, 2.45) is 5.92 Å². The second-order valence-corrected chi connectivity index (χ2v) is 7.46. The summed E-state index contributed by atoms with van der Waals surface area (Å²) in [7, 11) is 0. The van der Waals surface area contributed by atoms with Gasteiger partial charge in [0.15, 0.2) is 0 Å². The zero-order valence-electron chi connectivity index (χ0n) is 17.2. The average molecular weight is 433 g/mol. The van der Waals surface area contributed by atoms with Crippen LogP contribution in [0.15, 0.2) is 54.9 Å². The lowest BCUT2D eigenvalue weighted by Crippen LogP contribution is -2.56. The molecule has 0 aliphatic carbocycles. The summed E-state index contributed by atoms with van der Waals surface area (Å²) in [6, 6.07) is 11.7. The molecular weight excluding hydrogens is 414 g/mol. The predicted molar refractivity (Wildman–Crippen MR) is 110 cm³/mol. The van der Waals surface area contributed by atoms with Crippen LogP contribution >= 0.6 is 0 Å². The number of aromatic nitrogens is 4. The first kappa shape index (κ1) is 20.8. The van der Waals surface area contributed by atoms with E-state index in [0.717, 1.165) is 4.90 Å². The Morgan fingerprint density at radius 2 is 1.53 bits per heavy atom. The molecule has 0 saturated carbocycles. The van der Waals surface area contributed by atoms with E-state index in [-0.39, 0.29) is 22.6 Å². The van der Waals surface area contributed by atoms with Gasteiger partial charge in [0.2, 0.25) is 0 Å². The fourth-order valence-electron chi connectivity index (χ4n) is 3.49. The first-order valence-electron chi connectivity index (χ1n) is 9.79. The molecule has 0 fully saturated rings. The quantitative estimate of drug-likeness (QED) is 0.447. The van der Waals surface area contributed by atoms with Gasteiger partial charge in [-0.25, -0.2) is 4.68 Å². The lowest BCUT2D eigenvalue weighted by Gasteiger charge is -2.28. The van der Waals surface area contributed by atoms with E-state index in [0.29, 0.717) is 5.69 Å². The summed E-state index contributed by atoms with van der Waals surface area (Å²) in [4.78, 5) is 51.8. The third kappa shape index (κ3) is 3.71. The molecule has 3 aromatic rings. The Morgan fingerprint density at radius 3 is 2.06 bits per heavy atom. The van der Waals surface area contributed by atoms with Crippen molar-refractivity contribution in [3.8, 4) is 5.69 Å². The Bertz CT molecular complexity index is 1150. The minimum atomic E-state index is -1.09. The van der Waals surface area contributed by atoms with Gasteiger partial charge in [-0.15, -0.1) is 5.10 Å². The standard InChI is InChI=1S/C21H19N7O4/c1-12(2)17(28-20(31)15-5-3-4-6-16(15)21(28)32)19(30)24-23-18(29)13-7-9-14(10-8-13)27-11-22-25-26-27/h3-12,17H,1-2H3,(H,23,29)(H,24,30). The highest BCUT2D eigenvalue weighted by Gasteiger charge is 2.44. The average Bonchev–Trinajstić information content (AvgIpc) is 3.42. The molecule has 11 heteroatoms. The van der Waals surface area contributed by atoms with E-state index in [1.807, 2.05) is 0 Å². The van der Waals surface area contributed by atoms with Crippen LogP contribution in [0.4, 0.5) is 0 Å². The van der Waals surface area contributed by atoms with E-state index in [1.54, 1.807) is 62.4 Å². The van der Waals surface area contributed by atoms with E-state index in [9.17, 15) is 19.2 Å². The van der Waals surface area contributed by atoms with Gasteiger partial charge in [0, 0.05) is 5.56 Å². The fourth-order valence-corrected chi connectivity index (χ4v) is 3.49. The molecule has 4 rings (SSSR count). The monoisotopic (exact) mass is 433 g/mol. The van der Waals surface area contributed by atoms with Crippen molar-refractivity contribution in [3.63, 3.8) is 0 Å². The molecule has 2 aromatic carbocycles. The number of hydrogen-bond donors (Lipinski definition) is 2. The molecule has 4 amide bonds. The molecule has 1 aromatic heterocycles. The van der Waals surface area contributed by atoms with Crippen LogP contribution in [0.25, 0.3) is 5.69 Å². The normalized spacial score (nSPS) is 13.8. The van der Waals surface area contributed by atoms with E-state index < -0.39 is 29.7 Å². The number of carbonyl (C=O) groups is 4. The number of imide groups is 1. The first-order valence-corrected chi connectivity index (χ1v) is 9.79. The fraction of sp³-hybridized carbons (Fsp3) is 0.190. The summed E-state index contributed by atoms with van der Waals surface area (Å²) < 4.78 is 1.43. The lowest BCUT2D eigenvalue weighted by molar-refractivity contribution is -0.127. The van der Waals surface area contributed by atoms with Gasteiger partial charge in [0.25, 0.3) is 23.6 Å². The van der Waals surface area contributed by atoms with Crippen molar-refractivity contribution in [2.45, 2.75) is 19.9 Å². The maximum absolute atomic E-state index is 12.9. The predicted octanol–water partition coefficient (Wildman–Crippen LogP) is 0.744. The van der Waals surface area contributed by atoms with Crippen LogP contribution in [0.2, 0.25) is 0 Å². The van der Waals surface area contributed by atoms with Crippen molar-refractivity contribution in [3.05, 3.63) is 71.5 Å². The van der Waals surface area contributed by atoms with Crippen LogP contribution in [0.5, 0.6) is 0 Å². The summed E-state index contributed by atoms with van der Waals surface area (Å²) in [5.41, 5.74) is 6.10. The summed E-state index contributed by atoms with van der Waals surface area (Å²) in [6.07, 6.45) is 1.42. The number of carbonyl (C=O) groups excluding carboxylic acids is 4. The van der Waals surface area contributed by atoms with Gasteiger partial charge in [-0.1, -0.05) is 26.0 Å². The smallest absolute Gasteiger partial charge is 0.269 e. The molecule has 1 aliphatic heterocycles. The van der Waals surface area contributed by atoms with Crippen molar-refractivity contribution in [1.29, 1.82) is 0 Å². The van der Waals surface area contributed by atoms with E-state index in [4.69, 9.17) is 0 Å². The molecule has 32 heavy (non-hydrogen) atoms. The lowest BCUT2D eigenvalue weighted by atomic mass is 10.0. The molecule has 1 aliphatic rings. The second-order valence-electron chi connectivity index (χ2n) is 7.46. The van der Waals surface area contributed by atoms with E-state index in [1.165, 1.54) is 11.0 Å². The maximum atomic E-state index is 12.9. The van der Waals surface area contributed by atoms with E-state index >= 15 is 0 Å². The van der Waals surface area contributed by atoms with Crippen molar-refractivity contribution >= 4 is 23.6 Å².